The average molecular weight is 341 g/mol. The van der Waals surface area contributed by atoms with Gasteiger partial charge in [0.1, 0.15) is 0 Å². The van der Waals surface area contributed by atoms with Crippen molar-refractivity contribution in [3.05, 3.63) is 38.3 Å². The Hall–Kier alpha value is -0.940. The molecule has 1 fully saturated rings. The van der Waals surface area contributed by atoms with Crippen LogP contribution in [0.5, 0.6) is 0 Å². The minimum Gasteiger partial charge on any atom is -0.325 e. The second kappa shape index (κ2) is 6.22. The second-order valence-corrected chi connectivity index (χ2v) is 6.84. The fourth-order valence-corrected chi connectivity index (χ4v) is 3.42. The molecule has 0 aromatic heterocycles. The molecular formula is C15H21BrN2O2. The van der Waals surface area contributed by atoms with Crippen molar-refractivity contribution in [2.75, 3.05) is 0 Å². The first kappa shape index (κ1) is 15.4. The van der Waals surface area contributed by atoms with Gasteiger partial charge in [0.15, 0.2) is 0 Å². The van der Waals surface area contributed by atoms with Crippen molar-refractivity contribution in [2.24, 2.45) is 11.7 Å². The van der Waals surface area contributed by atoms with Gasteiger partial charge in [-0.25, -0.2) is 0 Å². The Morgan fingerprint density at radius 2 is 2.10 bits per heavy atom. The first-order valence-corrected chi connectivity index (χ1v) is 7.94. The SMILES string of the molecule is CCC1CCC(N)(Cc2ccc(Br)cc2[N+](=O)[O-])CC1. The van der Waals surface area contributed by atoms with Crippen LogP contribution in [0.1, 0.15) is 44.6 Å². The number of hydrogen-bond donors (Lipinski definition) is 1. The molecule has 1 aliphatic carbocycles. The van der Waals surface area contributed by atoms with Crippen LogP contribution in [-0.2, 0) is 6.42 Å². The van der Waals surface area contributed by atoms with Crippen molar-refractivity contribution in [3.63, 3.8) is 0 Å². The number of nitrogens with two attached hydrogens (primary N) is 1. The van der Waals surface area contributed by atoms with E-state index < -0.39 is 0 Å². The third kappa shape index (κ3) is 3.58. The van der Waals surface area contributed by atoms with Gasteiger partial charge in [0.25, 0.3) is 5.69 Å². The Morgan fingerprint density at radius 1 is 1.45 bits per heavy atom. The lowest BCUT2D eigenvalue weighted by atomic mass is 9.73. The van der Waals surface area contributed by atoms with Gasteiger partial charge in [0, 0.05) is 21.6 Å². The molecule has 0 saturated heterocycles. The number of rotatable bonds is 4. The molecule has 5 heteroatoms. The highest BCUT2D eigenvalue weighted by molar-refractivity contribution is 9.10. The fourth-order valence-electron chi connectivity index (χ4n) is 3.07. The van der Waals surface area contributed by atoms with E-state index in [0.29, 0.717) is 6.42 Å². The van der Waals surface area contributed by atoms with Crippen LogP contribution in [0.3, 0.4) is 0 Å². The van der Waals surface area contributed by atoms with Crippen LogP contribution in [-0.4, -0.2) is 10.5 Å². The number of nitrogens with zero attached hydrogens (tertiary/aromatic N) is 1. The highest BCUT2D eigenvalue weighted by atomic mass is 79.9. The topological polar surface area (TPSA) is 69.2 Å². The van der Waals surface area contributed by atoms with Crippen LogP contribution in [0.25, 0.3) is 0 Å². The molecule has 2 rings (SSSR count). The number of nitro benzene ring substituents is 1. The molecular weight excluding hydrogens is 320 g/mol. The normalized spacial score (nSPS) is 26.4. The van der Waals surface area contributed by atoms with Gasteiger partial charge in [-0.15, -0.1) is 0 Å². The number of hydrogen-bond acceptors (Lipinski definition) is 3. The van der Waals surface area contributed by atoms with Crippen molar-refractivity contribution in [2.45, 2.75) is 51.0 Å². The Balaban J connectivity index is 2.16. The molecule has 0 radical (unpaired) electrons. The molecule has 0 bridgehead atoms. The molecule has 1 saturated carbocycles. The minimum atomic E-state index is -0.318. The molecule has 0 heterocycles. The van der Waals surface area contributed by atoms with E-state index in [-0.39, 0.29) is 16.1 Å². The highest BCUT2D eigenvalue weighted by Gasteiger charge is 2.33. The van der Waals surface area contributed by atoms with Crippen LogP contribution in [0.15, 0.2) is 22.7 Å². The first-order chi connectivity index (χ1) is 9.43. The summed E-state index contributed by atoms with van der Waals surface area (Å²) in [4.78, 5) is 10.8. The molecule has 110 valence electrons. The van der Waals surface area contributed by atoms with E-state index in [1.807, 2.05) is 12.1 Å². The zero-order valence-electron chi connectivity index (χ0n) is 11.8. The standard InChI is InChI=1S/C15H21BrN2O2/c1-2-11-5-7-15(17,8-6-11)10-12-3-4-13(16)9-14(12)18(19)20/h3-4,9,11H,2,5-8,10,17H2,1H3. The van der Waals surface area contributed by atoms with Gasteiger partial charge in [0.05, 0.1) is 4.92 Å². The van der Waals surface area contributed by atoms with E-state index in [4.69, 9.17) is 5.73 Å². The number of benzene rings is 1. The van der Waals surface area contributed by atoms with Crippen molar-refractivity contribution in [1.82, 2.24) is 0 Å². The zero-order valence-corrected chi connectivity index (χ0v) is 13.4. The van der Waals surface area contributed by atoms with Crippen LogP contribution in [0.2, 0.25) is 0 Å². The van der Waals surface area contributed by atoms with Crippen LogP contribution >= 0.6 is 15.9 Å². The second-order valence-electron chi connectivity index (χ2n) is 5.92. The van der Waals surface area contributed by atoms with Gasteiger partial charge in [-0.1, -0.05) is 35.3 Å². The molecule has 20 heavy (non-hydrogen) atoms. The van der Waals surface area contributed by atoms with E-state index >= 15 is 0 Å². The molecule has 1 aromatic carbocycles. The molecule has 0 amide bonds. The molecule has 4 nitrogen and oxygen atoms in total. The summed E-state index contributed by atoms with van der Waals surface area (Å²) < 4.78 is 0.730. The summed E-state index contributed by atoms with van der Waals surface area (Å²) in [5.41, 5.74) is 7.11. The van der Waals surface area contributed by atoms with Gasteiger partial charge in [0.2, 0.25) is 0 Å². The lowest BCUT2D eigenvalue weighted by Gasteiger charge is -2.37. The van der Waals surface area contributed by atoms with Gasteiger partial charge in [-0.3, -0.25) is 10.1 Å². The predicted molar refractivity (Wildman–Crippen MR) is 83.7 cm³/mol. The monoisotopic (exact) mass is 340 g/mol. The lowest BCUT2D eigenvalue weighted by Crippen LogP contribution is -2.45. The predicted octanol–water partition coefficient (Wildman–Crippen LogP) is 4.20. The third-order valence-electron chi connectivity index (χ3n) is 4.46. The number of halogens is 1. The molecule has 1 aromatic rings. The van der Waals surface area contributed by atoms with Gasteiger partial charge >= 0.3 is 0 Å². The molecule has 0 unspecified atom stereocenters. The first-order valence-electron chi connectivity index (χ1n) is 7.15. The van der Waals surface area contributed by atoms with Gasteiger partial charge in [-0.05, 0) is 44.1 Å². The molecule has 1 aliphatic rings. The van der Waals surface area contributed by atoms with Gasteiger partial charge in [-0.2, -0.15) is 0 Å². The Kier molecular flexibility index (Phi) is 4.81. The summed E-state index contributed by atoms with van der Waals surface area (Å²) in [6, 6.07) is 5.24. The quantitative estimate of drug-likeness (QED) is 0.659. The van der Waals surface area contributed by atoms with E-state index in [0.717, 1.165) is 41.6 Å². The summed E-state index contributed by atoms with van der Waals surface area (Å²) in [5.74, 6) is 0.770. The van der Waals surface area contributed by atoms with Crippen LogP contribution in [0.4, 0.5) is 5.69 Å². The van der Waals surface area contributed by atoms with E-state index in [1.54, 1.807) is 6.07 Å². The molecule has 0 spiro atoms. The van der Waals surface area contributed by atoms with Crippen molar-refractivity contribution >= 4 is 21.6 Å². The van der Waals surface area contributed by atoms with Crippen molar-refractivity contribution in [1.29, 1.82) is 0 Å². The summed E-state index contributed by atoms with van der Waals surface area (Å²) in [6.07, 6.45) is 5.98. The maximum Gasteiger partial charge on any atom is 0.273 e. The smallest absolute Gasteiger partial charge is 0.273 e. The summed E-state index contributed by atoms with van der Waals surface area (Å²) in [6.45, 7) is 2.22. The van der Waals surface area contributed by atoms with Gasteiger partial charge < -0.3 is 5.73 Å². The maximum absolute atomic E-state index is 11.2. The third-order valence-corrected chi connectivity index (χ3v) is 4.96. The summed E-state index contributed by atoms with van der Waals surface area (Å²) in [7, 11) is 0. The van der Waals surface area contributed by atoms with E-state index in [9.17, 15) is 10.1 Å². The Morgan fingerprint density at radius 3 is 2.65 bits per heavy atom. The Labute approximate surface area is 128 Å². The zero-order chi connectivity index (χ0) is 14.8. The van der Waals surface area contributed by atoms with Crippen LogP contribution in [0, 0.1) is 16.0 Å². The number of nitro groups is 1. The Bertz CT molecular complexity index is 497. The maximum atomic E-state index is 11.2. The summed E-state index contributed by atoms with van der Waals surface area (Å²) in [5, 5.41) is 11.2. The van der Waals surface area contributed by atoms with Crippen molar-refractivity contribution < 1.29 is 4.92 Å². The molecule has 2 N–H and O–H groups in total. The molecule has 0 aliphatic heterocycles. The lowest BCUT2D eigenvalue weighted by molar-refractivity contribution is -0.385. The van der Waals surface area contributed by atoms with E-state index in [1.165, 1.54) is 6.42 Å². The highest BCUT2D eigenvalue weighted by Crippen LogP contribution is 2.36. The minimum absolute atomic E-state index is 0.168. The fraction of sp³-hybridized carbons (Fsp3) is 0.600. The van der Waals surface area contributed by atoms with E-state index in [2.05, 4.69) is 22.9 Å². The largest absolute Gasteiger partial charge is 0.325 e. The van der Waals surface area contributed by atoms with Crippen molar-refractivity contribution in [3.8, 4) is 0 Å². The van der Waals surface area contributed by atoms with Crippen LogP contribution < -0.4 is 5.73 Å². The molecule has 0 atom stereocenters. The average Bonchev–Trinajstić information content (AvgIpc) is 2.41. The summed E-state index contributed by atoms with van der Waals surface area (Å²) >= 11 is 3.28.